The number of hydrogen-bond donors (Lipinski definition) is 1. The lowest BCUT2D eigenvalue weighted by molar-refractivity contribution is -0.113. The van der Waals surface area contributed by atoms with E-state index in [0.717, 1.165) is 11.1 Å². The molecule has 0 saturated carbocycles. The molecule has 0 aliphatic carbocycles. The summed E-state index contributed by atoms with van der Waals surface area (Å²) in [5.41, 5.74) is 3.18. The average molecular weight is 363 g/mol. The van der Waals surface area contributed by atoms with Gasteiger partial charge in [-0.25, -0.2) is 4.39 Å². The number of amides is 1. The van der Waals surface area contributed by atoms with Crippen molar-refractivity contribution in [2.24, 2.45) is 0 Å². The van der Waals surface area contributed by atoms with Gasteiger partial charge >= 0.3 is 0 Å². The van der Waals surface area contributed by atoms with Crippen LogP contribution in [0.3, 0.4) is 0 Å². The van der Waals surface area contributed by atoms with Gasteiger partial charge in [-0.05, 0) is 54.8 Å². The average Bonchev–Trinajstić information content (AvgIpc) is 2.59. The number of aryl methyl sites for hydroxylation is 2. The molecule has 0 aromatic heterocycles. The van der Waals surface area contributed by atoms with E-state index in [2.05, 4.69) is 5.32 Å². The van der Waals surface area contributed by atoms with Crippen LogP contribution in [0, 0.1) is 19.7 Å². The number of rotatable bonds is 7. The third-order valence-corrected chi connectivity index (χ3v) is 4.77. The molecule has 25 heavy (non-hydrogen) atoms. The van der Waals surface area contributed by atoms with Crippen LogP contribution in [0.25, 0.3) is 0 Å². The van der Waals surface area contributed by atoms with Gasteiger partial charge in [-0.1, -0.05) is 6.07 Å². The van der Waals surface area contributed by atoms with Gasteiger partial charge < -0.3 is 14.8 Å². The Morgan fingerprint density at radius 2 is 1.76 bits per heavy atom. The van der Waals surface area contributed by atoms with E-state index in [4.69, 9.17) is 9.47 Å². The molecule has 0 atom stereocenters. The van der Waals surface area contributed by atoms with Crippen molar-refractivity contribution in [3.8, 4) is 11.5 Å². The van der Waals surface area contributed by atoms with Gasteiger partial charge in [-0.15, -0.1) is 11.8 Å². The number of halogens is 1. The second-order valence-corrected chi connectivity index (χ2v) is 6.62. The van der Waals surface area contributed by atoms with Crippen LogP contribution in [-0.2, 0) is 10.5 Å². The van der Waals surface area contributed by atoms with Crippen molar-refractivity contribution in [1.29, 1.82) is 0 Å². The highest BCUT2D eigenvalue weighted by molar-refractivity contribution is 7.99. The molecule has 0 saturated heterocycles. The lowest BCUT2D eigenvalue weighted by atomic mass is 10.1. The van der Waals surface area contributed by atoms with Gasteiger partial charge in [-0.2, -0.15) is 0 Å². The number of carbonyl (C=O) groups excluding carboxylic acids is 1. The summed E-state index contributed by atoms with van der Waals surface area (Å²) in [4.78, 5) is 12.0. The molecule has 4 nitrogen and oxygen atoms in total. The molecule has 0 fully saturated rings. The second-order valence-electron chi connectivity index (χ2n) is 5.64. The smallest absolute Gasteiger partial charge is 0.234 e. The van der Waals surface area contributed by atoms with E-state index in [1.54, 1.807) is 33.3 Å². The maximum absolute atomic E-state index is 13.5. The van der Waals surface area contributed by atoms with E-state index in [1.165, 1.54) is 17.8 Å². The lowest BCUT2D eigenvalue weighted by Gasteiger charge is -2.12. The standard InChI is InChI=1S/C19H22FNO3S/c1-12-5-6-15(9-16(12)20)21-19(22)11-25-10-14-8-18(24-4)17(23-3)7-13(14)2/h5-9H,10-11H2,1-4H3,(H,21,22). The summed E-state index contributed by atoms with van der Waals surface area (Å²) < 4.78 is 24.1. The van der Waals surface area contributed by atoms with Crippen LogP contribution in [-0.4, -0.2) is 25.9 Å². The van der Waals surface area contributed by atoms with Crippen molar-refractivity contribution in [3.63, 3.8) is 0 Å². The first kappa shape index (κ1) is 19.1. The molecule has 0 unspecified atom stereocenters. The van der Waals surface area contributed by atoms with Crippen molar-refractivity contribution in [2.75, 3.05) is 25.3 Å². The summed E-state index contributed by atoms with van der Waals surface area (Å²) in [5.74, 6) is 1.82. The van der Waals surface area contributed by atoms with Crippen LogP contribution < -0.4 is 14.8 Å². The Hall–Kier alpha value is -2.21. The number of carbonyl (C=O) groups is 1. The molecule has 134 valence electrons. The Balaban J connectivity index is 1.91. The largest absolute Gasteiger partial charge is 0.493 e. The van der Waals surface area contributed by atoms with E-state index in [0.29, 0.717) is 28.5 Å². The molecule has 2 aromatic carbocycles. The zero-order valence-corrected chi connectivity index (χ0v) is 15.6. The van der Waals surface area contributed by atoms with Crippen LogP contribution in [0.1, 0.15) is 16.7 Å². The maximum atomic E-state index is 13.5. The minimum Gasteiger partial charge on any atom is -0.493 e. The number of methoxy groups -OCH3 is 2. The normalized spacial score (nSPS) is 10.4. The van der Waals surface area contributed by atoms with Gasteiger partial charge in [0.25, 0.3) is 0 Å². The number of thioether (sulfide) groups is 1. The van der Waals surface area contributed by atoms with Gasteiger partial charge in [0.05, 0.1) is 20.0 Å². The fourth-order valence-corrected chi connectivity index (χ4v) is 3.19. The SMILES string of the molecule is COc1cc(C)c(CSCC(=O)Nc2ccc(C)c(F)c2)cc1OC. The van der Waals surface area contributed by atoms with Gasteiger partial charge in [-0.3, -0.25) is 4.79 Å². The number of nitrogens with one attached hydrogen (secondary N) is 1. The Morgan fingerprint density at radius 3 is 2.40 bits per heavy atom. The molecule has 0 bridgehead atoms. The van der Waals surface area contributed by atoms with Crippen molar-refractivity contribution < 1.29 is 18.7 Å². The van der Waals surface area contributed by atoms with Gasteiger partial charge in [0.1, 0.15) is 5.82 Å². The first-order valence-electron chi connectivity index (χ1n) is 7.80. The van der Waals surface area contributed by atoms with E-state index in [9.17, 15) is 9.18 Å². The lowest BCUT2D eigenvalue weighted by Crippen LogP contribution is -2.14. The Morgan fingerprint density at radius 1 is 1.08 bits per heavy atom. The number of ether oxygens (including phenoxy) is 2. The summed E-state index contributed by atoms with van der Waals surface area (Å²) in [6, 6.07) is 8.51. The van der Waals surface area contributed by atoms with Crippen LogP contribution >= 0.6 is 11.8 Å². The molecular formula is C19H22FNO3S. The summed E-state index contributed by atoms with van der Waals surface area (Å²) in [6.07, 6.45) is 0. The second kappa shape index (κ2) is 8.76. The number of benzene rings is 2. The summed E-state index contributed by atoms with van der Waals surface area (Å²) >= 11 is 1.49. The van der Waals surface area contributed by atoms with E-state index in [-0.39, 0.29) is 17.5 Å². The molecule has 2 rings (SSSR count). The molecule has 0 spiro atoms. The molecule has 2 aromatic rings. The Kier molecular flexibility index (Phi) is 6.70. The van der Waals surface area contributed by atoms with Crippen molar-refractivity contribution in [1.82, 2.24) is 0 Å². The third-order valence-electron chi connectivity index (χ3n) is 3.79. The quantitative estimate of drug-likeness (QED) is 0.795. The van der Waals surface area contributed by atoms with Gasteiger partial charge in [0, 0.05) is 11.4 Å². The van der Waals surface area contributed by atoms with E-state index >= 15 is 0 Å². The van der Waals surface area contributed by atoms with Crippen LogP contribution in [0.4, 0.5) is 10.1 Å². The molecule has 0 aliphatic rings. The first-order valence-corrected chi connectivity index (χ1v) is 8.95. The fraction of sp³-hybridized carbons (Fsp3) is 0.316. The highest BCUT2D eigenvalue weighted by Crippen LogP contribution is 2.31. The van der Waals surface area contributed by atoms with Gasteiger partial charge in [0.15, 0.2) is 11.5 Å². The first-order chi connectivity index (χ1) is 11.9. The summed E-state index contributed by atoms with van der Waals surface area (Å²) in [6.45, 7) is 3.68. The summed E-state index contributed by atoms with van der Waals surface area (Å²) in [5, 5.41) is 2.71. The fourth-order valence-electron chi connectivity index (χ4n) is 2.30. The molecular weight excluding hydrogens is 341 g/mol. The maximum Gasteiger partial charge on any atom is 0.234 e. The highest BCUT2D eigenvalue weighted by atomic mass is 32.2. The van der Waals surface area contributed by atoms with Crippen LogP contribution in [0.15, 0.2) is 30.3 Å². The topological polar surface area (TPSA) is 47.6 Å². The molecule has 0 radical (unpaired) electrons. The minimum absolute atomic E-state index is 0.161. The third kappa shape index (κ3) is 5.13. The van der Waals surface area contributed by atoms with Crippen LogP contribution in [0.2, 0.25) is 0 Å². The predicted octanol–water partition coefficient (Wildman–Crippen LogP) is 4.33. The molecule has 0 aliphatic heterocycles. The van der Waals surface area contributed by atoms with Crippen LogP contribution in [0.5, 0.6) is 11.5 Å². The van der Waals surface area contributed by atoms with Gasteiger partial charge in [0.2, 0.25) is 5.91 Å². The van der Waals surface area contributed by atoms with Crippen molar-refractivity contribution in [3.05, 3.63) is 52.8 Å². The number of hydrogen-bond acceptors (Lipinski definition) is 4. The molecule has 6 heteroatoms. The van der Waals surface area contributed by atoms with E-state index in [1.807, 2.05) is 19.1 Å². The molecule has 1 amide bonds. The van der Waals surface area contributed by atoms with Crippen molar-refractivity contribution in [2.45, 2.75) is 19.6 Å². The zero-order valence-electron chi connectivity index (χ0n) is 14.8. The molecule has 1 N–H and O–H groups in total. The minimum atomic E-state index is -0.327. The predicted molar refractivity (Wildman–Crippen MR) is 100 cm³/mol. The summed E-state index contributed by atoms with van der Waals surface area (Å²) in [7, 11) is 3.20. The monoisotopic (exact) mass is 363 g/mol. The Bertz CT molecular complexity index is 765. The number of anilines is 1. The zero-order chi connectivity index (χ0) is 18.4. The molecule has 0 heterocycles. The Labute approximate surface area is 151 Å². The highest BCUT2D eigenvalue weighted by Gasteiger charge is 2.10. The van der Waals surface area contributed by atoms with E-state index < -0.39 is 0 Å². The van der Waals surface area contributed by atoms with Crippen molar-refractivity contribution >= 4 is 23.4 Å².